The molecule has 1 aromatic rings. The van der Waals surface area contributed by atoms with Crippen LogP contribution in [0.15, 0.2) is 18.2 Å². The average Bonchev–Trinajstić information content (AvgIpc) is 2.46. The first kappa shape index (κ1) is 16.9. The molecule has 0 saturated heterocycles. The van der Waals surface area contributed by atoms with E-state index >= 15 is 0 Å². The summed E-state index contributed by atoms with van der Waals surface area (Å²) in [7, 11) is 3.24. The molecule has 1 aromatic carbocycles. The minimum atomic E-state index is -1.12. The lowest BCUT2D eigenvalue weighted by Crippen LogP contribution is -2.34. The van der Waals surface area contributed by atoms with Crippen molar-refractivity contribution in [1.29, 1.82) is 0 Å². The lowest BCUT2D eigenvalue weighted by atomic mass is 10.1. The standard InChI is InChI=1S/C14H20N2O5/c1-16(5-6-17)4-3-15-13(18)10-7-11(14(19)20)9-12(8-10)21-2/h7-9,17H,3-6H2,1-2H3,(H,15,18)(H,19,20). The van der Waals surface area contributed by atoms with Gasteiger partial charge in [0.15, 0.2) is 0 Å². The highest BCUT2D eigenvalue weighted by molar-refractivity contribution is 5.98. The summed E-state index contributed by atoms with van der Waals surface area (Å²) in [4.78, 5) is 24.9. The van der Waals surface area contributed by atoms with Crippen LogP contribution in [0.4, 0.5) is 0 Å². The van der Waals surface area contributed by atoms with Gasteiger partial charge in [0, 0.05) is 25.2 Å². The molecular formula is C14H20N2O5. The van der Waals surface area contributed by atoms with Crippen LogP contribution in [0.25, 0.3) is 0 Å². The average molecular weight is 296 g/mol. The van der Waals surface area contributed by atoms with Crippen molar-refractivity contribution in [2.24, 2.45) is 0 Å². The fourth-order valence-corrected chi connectivity index (χ4v) is 1.72. The van der Waals surface area contributed by atoms with Crippen LogP contribution in [0.2, 0.25) is 0 Å². The summed E-state index contributed by atoms with van der Waals surface area (Å²) in [5.41, 5.74) is 0.230. The Bertz CT molecular complexity index is 504. The van der Waals surface area contributed by atoms with Crippen LogP contribution in [-0.4, -0.2) is 67.4 Å². The van der Waals surface area contributed by atoms with Crippen LogP contribution in [-0.2, 0) is 0 Å². The van der Waals surface area contributed by atoms with E-state index in [1.165, 1.54) is 25.3 Å². The zero-order valence-corrected chi connectivity index (χ0v) is 12.1. The molecule has 0 heterocycles. The van der Waals surface area contributed by atoms with E-state index in [2.05, 4.69) is 5.32 Å². The number of carbonyl (C=O) groups excluding carboxylic acids is 1. The van der Waals surface area contributed by atoms with Crippen LogP contribution in [0.5, 0.6) is 5.75 Å². The number of aliphatic hydroxyl groups is 1. The normalized spacial score (nSPS) is 10.5. The van der Waals surface area contributed by atoms with Gasteiger partial charge in [-0.2, -0.15) is 0 Å². The van der Waals surface area contributed by atoms with Crippen molar-refractivity contribution in [3.8, 4) is 5.75 Å². The topological polar surface area (TPSA) is 99.1 Å². The minimum Gasteiger partial charge on any atom is -0.497 e. The Morgan fingerprint density at radius 1 is 1.24 bits per heavy atom. The number of methoxy groups -OCH3 is 1. The highest BCUT2D eigenvalue weighted by Crippen LogP contribution is 2.17. The number of aromatic carboxylic acids is 1. The van der Waals surface area contributed by atoms with Gasteiger partial charge in [-0.15, -0.1) is 0 Å². The Morgan fingerprint density at radius 3 is 2.48 bits per heavy atom. The highest BCUT2D eigenvalue weighted by atomic mass is 16.5. The Balaban J connectivity index is 2.69. The fourth-order valence-electron chi connectivity index (χ4n) is 1.72. The van der Waals surface area contributed by atoms with E-state index in [9.17, 15) is 9.59 Å². The summed E-state index contributed by atoms with van der Waals surface area (Å²) in [5.74, 6) is -1.17. The third-order valence-corrected chi connectivity index (χ3v) is 2.91. The molecule has 1 rings (SSSR count). The molecule has 0 unspecified atom stereocenters. The van der Waals surface area contributed by atoms with Crippen LogP contribution in [0.1, 0.15) is 20.7 Å². The number of nitrogens with zero attached hydrogens (tertiary/aromatic N) is 1. The van der Waals surface area contributed by atoms with Crippen LogP contribution in [0.3, 0.4) is 0 Å². The number of aliphatic hydroxyl groups excluding tert-OH is 1. The Hall–Kier alpha value is -2.12. The summed E-state index contributed by atoms with van der Waals surface area (Å²) in [5, 5.41) is 20.5. The summed E-state index contributed by atoms with van der Waals surface area (Å²) >= 11 is 0. The van der Waals surface area contributed by atoms with Gasteiger partial charge in [0.1, 0.15) is 5.75 Å². The summed E-state index contributed by atoms with van der Waals surface area (Å²) < 4.78 is 4.99. The maximum atomic E-state index is 12.0. The van der Waals surface area contributed by atoms with Gasteiger partial charge >= 0.3 is 5.97 Å². The molecule has 0 saturated carbocycles. The minimum absolute atomic E-state index is 0.00287. The molecule has 0 bridgehead atoms. The number of carboxylic acids is 1. The number of likely N-dealkylation sites (N-methyl/N-ethyl adjacent to an activating group) is 1. The Morgan fingerprint density at radius 2 is 1.90 bits per heavy atom. The molecule has 0 fully saturated rings. The molecule has 1 amide bonds. The van der Waals surface area contributed by atoms with Crippen LogP contribution >= 0.6 is 0 Å². The number of hydrogen-bond donors (Lipinski definition) is 3. The monoisotopic (exact) mass is 296 g/mol. The van der Waals surface area contributed by atoms with Gasteiger partial charge in [0.05, 0.1) is 19.3 Å². The molecule has 0 radical (unpaired) electrons. The van der Waals surface area contributed by atoms with Gasteiger partial charge in [0.25, 0.3) is 5.91 Å². The molecule has 0 aliphatic carbocycles. The van der Waals surface area contributed by atoms with Crippen molar-refractivity contribution < 1.29 is 24.5 Å². The summed E-state index contributed by atoms with van der Waals surface area (Å²) in [6.45, 7) is 1.57. The first-order chi connectivity index (χ1) is 9.97. The van der Waals surface area contributed by atoms with Gasteiger partial charge in [-0.05, 0) is 25.2 Å². The van der Waals surface area contributed by atoms with Gasteiger partial charge in [-0.1, -0.05) is 0 Å². The van der Waals surface area contributed by atoms with E-state index in [4.69, 9.17) is 14.9 Å². The number of carboxylic acid groups (broad SMARTS) is 1. The lowest BCUT2D eigenvalue weighted by Gasteiger charge is -2.15. The Kier molecular flexibility index (Phi) is 6.64. The number of rotatable bonds is 8. The first-order valence-corrected chi connectivity index (χ1v) is 6.48. The second-order valence-electron chi connectivity index (χ2n) is 4.54. The smallest absolute Gasteiger partial charge is 0.335 e. The molecular weight excluding hydrogens is 276 g/mol. The maximum Gasteiger partial charge on any atom is 0.335 e. The van der Waals surface area contributed by atoms with Crippen LogP contribution < -0.4 is 10.1 Å². The fraction of sp³-hybridized carbons (Fsp3) is 0.429. The number of carbonyl (C=O) groups is 2. The molecule has 0 aliphatic rings. The number of nitrogens with one attached hydrogen (secondary N) is 1. The zero-order valence-electron chi connectivity index (χ0n) is 12.1. The number of ether oxygens (including phenoxy) is 1. The number of amides is 1. The summed E-state index contributed by atoms with van der Waals surface area (Å²) in [6, 6.07) is 4.14. The van der Waals surface area contributed by atoms with E-state index < -0.39 is 5.97 Å². The molecule has 0 aromatic heterocycles. The van der Waals surface area contributed by atoms with E-state index in [1.54, 1.807) is 0 Å². The number of hydrogen-bond acceptors (Lipinski definition) is 5. The Labute approximate surface area is 123 Å². The molecule has 0 spiro atoms. The van der Waals surface area contributed by atoms with E-state index in [-0.39, 0.29) is 23.6 Å². The van der Waals surface area contributed by atoms with Gasteiger partial charge < -0.3 is 25.2 Å². The largest absolute Gasteiger partial charge is 0.497 e. The van der Waals surface area contributed by atoms with E-state index in [0.29, 0.717) is 25.4 Å². The molecule has 7 heteroatoms. The SMILES string of the molecule is COc1cc(C(=O)O)cc(C(=O)NCCN(C)CCO)c1. The highest BCUT2D eigenvalue weighted by Gasteiger charge is 2.12. The van der Waals surface area contributed by atoms with Gasteiger partial charge in [0.2, 0.25) is 0 Å². The quantitative estimate of drug-likeness (QED) is 0.627. The lowest BCUT2D eigenvalue weighted by molar-refractivity contribution is 0.0696. The molecule has 7 nitrogen and oxygen atoms in total. The van der Waals surface area contributed by atoms with Crippen LogP contribution in [0, 0.1) is 0 Å². The molecule has 21 heavy (non-hydrogen) atoms. The van der Waals surface area contributed by atoms with E-state index in [1.807, 2.05) is 11.9 Å². The zero-order chi connectivity index (χ0) is 15.8. The molecule has 0 atom stereocenters. The van der Waals surface area contributed by atoms with E-state index in [0.717, 1.165) is 0 Å². The predicted molar refractivity (Wildman–Crippen MR) is 76.9 cm³/mol. The molecule has 3 N–H and O–H groups in total. The van der Waals surface area contributed by atoms with Gasteiger partial charge in [-0.25, -0.2) is 4.79 Å². The van der Waals surface area contributed by atoms with Crippen molar-refractivity contribution in [3.63, 3.8) is 0 Å². The van der Waals surface area contributed by atoms with Crippen molar-refractivity contribution in [2.75, 3.05) is 40.4 Å². The van der Waals surface area contributed by atoms with Crippen molar-refractivity contribution in [3.05, 3.63) is 29.3 Å². The maximum absolute atomic E-state index is 12.0. The molecule has 116 valence electrons. The molecule has 0 aliphatic heterocycles. The summed E-state index contributed by atoms with van der Waals surface area (Å²) in [6.07, 6.45) is 0. The first-order valence-electron chi connectivity index (χ1n) is 6.48. The van der Waals surface area contributed by atoms with Gasteiger partial charge in [-0.3, -0.25) is 4.79 Å². The third kappa shape index (κ3) is 5.41. The third-order valence-electron chi connectivity index (χ3n) is 2.91. The second-order valence-corrected chi connectivity index (χ2v) is 4.54. The van der Waals surface area contributed by atoms with Crippen molar-refractivity contribution in [2.45, 2.75) is 0 Å². The van der Waals surface area contributed by atoms with Crippen molar-refractivity contribution >= 4 is 11.9 Å². The van der Waals surface area contributed by atoms with Crippen molar-refractivity contribution in [1.82, 2.24) is 10.2 Å². The second kappa shape index (κ2) is 8.23. The number of benzene rings is 1. The predicted octanol–water partition coefficient (Wildman–Crippen LogP) is 0.0473.